The minimum Gasteiger partial charge on any atom is -0.208 e. The van der Waals surface area contributed by atoms with Gasteiger partial charge in [0, 0.05) is 16.7 Å². The average Bonchev–Trinajstić information content (AvgIpc) is 3.27. The molecule has 1 aromatic heterocycles. The summed E-state index contributed by atoms with van der Waals surface area (Å²) in [4.78, 5) is 15.3. The molecule has 9 aromatic rings. The standard InChI is InChI=1S/C51H35N3/c1-5-17-36(18-6-1)37-29-31-39(32-30-37)46-26-14-16-28-48(46)43-33-42(47-27-15-13-25-45(47)38-19-7-2-8-20-38)34-44(35-43)51-53-49(40-21-9-3-10-22-40)52-50(54-51)41-23-11-4-12-24-41/h1-35H. The molecule has 0 aliphatic rings. The van der Waals surface area contributed by atoms with Gasteiger partial charge in [0.1, 0.15) is 0 Å². The fourth-order valence-corrected chi connectivity index (χ4v) is 7.07. The molecule has 0 saturated heterocycles. The molecule has 0 bridgehead atoms. The summed E-state index contributed by atoms with van der Waals surface area (Å²) in [7, 11) is 0. The van der Waals surface area contributed by atoms with Crippen molar-refractivity contribution in [2.24, 2.45) is 0 Å². The second-order valence-corrected chi connectivity index (χ2v) is 13.2. The molecule has 254 valence electrons. The van der Waals surface area contributed by atoms with E-state index in [1.807, 2.05) is 60.7 Å². The van der Waals surface area contributed by atoms with E-state index < -0.39 is 0 Å². The Kier molecular flexibility index (Phi) is 8.94. The van der Waals surface area contributed by atoms with Crippen LogP contribution in [0.5, 0.6) is 0 Å². The van der Waals surface area contributed by atoms with Crippen LogP contribution in [0.15, 0.2) is 212 Å². The van der Waals surface area contributed by atoms with Gasteiger partial charge in [-0.25, -0.2) is 15.0 Å². The number of hydrogen-bond donors (Lipinski definition) is 0. The van der Waals surface area contributed by atoms with Gasteiger partial charge in [0.2, 0.25) is 0 Å². The van der Waals surface area contributed by atoms with E-state index in [9.17, 15) is 0 Å². The molecule has 54 heavy (non-hydrogen) atoms. The number of aromatic nitrogens is 3. The normalized spacial score (nSPS) is 11.0. The van der Waals surface area contributed by atoms with Gasteiger partial charge < -0.3 is 0 Å². The molecule has 8 aromatic carbocycles. The highest BCUT2D eigenvalue weighted by atomic mass is 15.0. The summed E-state index contributed by atoms with van der Waals surface area (Å²) in [6.07, 6.45) is 0. The van der Waals surface area contributed by atoms with E-state index in [-0.39, 0.29) is 0 Å². The summed E-state index contributed by atoms with van der Waals surface area (Å²) >= 11 is 0. The van der Waals surface area contributed by atoms with Crippen molar-refractivity contribution in [2.45, 2.75) is 0 Å². The van der Waals surface area contributed by atoms with Crippen LogP contribution in [0.2, 0.25) is 0 Å². The topological polar surface area (TPSA) is 38.7 Å². The van der Waals surface area contributed by atoms with Crippen molar-refractivity contribution in [3.05, 3.63) is 212 Å². The largest absolute Gasteiger partial charge is 0.208 e. The van der Waals surface area contributed by atoms with Crippen LogP contribution in [0.3, 0.4) is 0 Å². The summed E-state index contributed by atoms with van der Waals surface area (Å²) in [6, 6.07) is 74.3. The smallest absolute Gasteiger partial charge is 0.164 e. The molecular weight excluding hydrogens is 655 g/mol. The van der Waals surface area contributed by atoms with Crippen molar-refractivity contribution < 1.29 is 0 Å². The summed E-state index contributed by atoms with van der Waals surface area (Å²) in [5.41, 5.74) is 14.2. The first-order valence-corrected chi connectivity index (χ1v) is 18.2. The van der Waals surface area contributed by atoms with Crippen LogP contribution in [0.4, 0.5) is 0 Å². The van der Waals surface area contributed by atoms with E-state index in [0.29, 0.717) is 17.5 Å². The van der Waals surface area contributed by atoms with Crippen molar-refractivity contribution >= 4 is 0 Å². The first-order chi connectivity index (χ1) is 26.8. The third kappa shape index (κ3) is 6.74. The maximum atomic E-state index is 5.15. The Morgan fingerprint density at radius 3 is 0.870 bits per heavy atom. The Morgan fingerprint density at radius 2 is 0.444 bits per heavy atom. The second kappa shape index (κ2) is 14.8. The molecule has 0 unspecified atom stereocenters. The van der Waals surface area contributed by atoms with Crippen LogP contribution in [0.25, 0.3) is 89.8 Å². The van der Waals surface area contributed by atoms with Gasteiger partial charge in [-0.15, -0.1) is 0 Å². The van der Waals surface area contributed by atoms with Crippen molar-refractivity contribution in [3.8, 4) is 89.8 Å². The van der Waals surface area contributed by atoms with Crippen LogP contribution in [0, 0.1) is 0 Å². The molecule has 0 aliphatic heterocycles. The number of rotatable bonds is 8. The van der Waals surface area contributed by atoms with Crippen LogP contribution < -0.4 is 0 Å². The van der Waals surface area contributed by atoms with Gasteiger partial charge in [0.15, 0.2) is 17.5 Å². The summed E-state index contributed by atoms with van der Waals surface area (Å²) in [5, 5.41) is 0. The minimum absolute atomic E-state index is 0.618. The highest BCUT2D eigenvalue weighted by Gasteiger charge is 2.17. The Balaban J connectivity index is 1.26. The maximum absolute atomic E-state index is 5.15. The minimum atomic E-state index is 0.618. The van der Waals surface area contributed by atoms with E-state index in [2.05, 4.69) is 152 Å². The second-order valence-electron chi connectivity index (χ2n) is 13.2. The van der Waals surface area contributed by atoms with Gasteiger partial charge in [0.25, 0.3) is 0 Å². The zero-order valence-corrected chi connectivity index (χ0v) is 29.5. The zero-order chi connectivity index (χ0) is 36.1. The Hall–Kier alpha value is -7.23. The van der Waals surface area contributed by atoms with Gasteiger partial charge in [0.05, 0.1) is 0 Å². The molecule has 0 amide bonds. The SMILES string of the molecule is c1ccc(-c2ccc(-c3ccccc3-c3cc(-c4nc(-c5ccccc5)nc(-c5ccccc5)n4)cc(-c4ccccc4-c4ccccc4)c3)cc2)cc1. The predicted molar refractivity (Wildman–Crippen MR) is 223 cm³/mol. The molecule has 9 rings (SSSR count). The molecular formula is C51H35N3. The number of nitrogens with zero attached hydrogens (tertiary/aromatic N) is 3. The third-order valence-electron chi connectivity index (χ3n) is 9.75. The lowest BCUT2D eigenvalue weighted by molar-refractivity contribution is 1.07. The monoisotopic (exact) mass is 689 g/mol. The van der Waals surface area contributed by atoms with Gasteiger partial charge in [-0.05, 0) is 73.8 Å². The maximum Gasteiger partial charge on any atom is 0.164 e. The van der Waals surface area contributed by atoms with E-state index in [4.69, 9.17) is 15.0 Å². The van der Waals surface area contributed by atoms with E-state index >= 15 is 0 Å². The fourth-order valence-electron chi connectivity index (χ4n) is 7.07. The Labute approximate surface area is 316 Å². The first-order valence-electron chi connectivity index (χ1n) is 18.2. The van der Waals surface area contributed by atoms with Gasteiger partial charge >= 0.3 is 0 Å². The summed E-state index contributed by atoms with van der Waals surface area (Å²) < 4.78 is 0. The molecule has 1 heterocycles. The van der Waals surface area contributed by atoms with Crippen LogP contribution in [-0.4, -0.2) is 15.0 Å². The highest BCUT2D eigenvalue weighted by molar-refractivity contribution is 5.91. The fraction of sp³-hybridized carbons (Fsp3) is 0. The van der Waals surface area contributed by atoms with E-state index in [0.717, 1.165) is 61.2 Å². The molecule has 0 saturated carbocycles. The molecule has 3 heteroatoms. The predicted octanol–water partition coefficient (Wildman–Crippen LogP) is 13.2. The summed E-state index contributed by atoms with van der Waals surface area (Å²) in [6.45, 7) is 0. The highest BCUT2D eigenvalue weighted by Crippen LogP contribution is 2.40. The Morgan fingerprint density at radius 1 is 0.185 bits per heavy atom. The average molecular weight is 690 g/mol. The van der Waals surface area contributed by atoms with Crippen molar-refractivity contribution in [1.29, 1.82) is 0 Å². The van der Waals surface area contributed by atoms with E-state index in [1.54, 1.807) is 0 Å². The molecule has 0 atom stereocenters. The van der Waals surface area contributed by atoms with Gasteiger partial charge in [-0.2, -0.15) is 0 Å². The van der Waals surface area contributed by atoms with Gasteiger partial charge in [-0.3, -0.25) is 0 Å². The first kappa shape index (κ1) is 32.7. The van der Waals surface area contributed by atoms with Crippen molar-refractivity contribution in [3.63, 3.8) is 0 Å². The van der Waals surface area contributed by atoms with E-state index in [1.165, 1.54) is 11.1 Å². The molecule has 0 N–H and O–H groups in total. The van der Waals surface area contributed by atoms with Crippen LogP contribution in [0.1, 0.15) is 0 Å². The lowest BCUT2D eigenvalue weighted by Crippen LogP contribution is -2.00. The van der Waals surface area contributed by atoms with Crippen molar-refractivity contribution in [1.82, 2.24) is 15.0 Å². The summed E-state index contributed by atoms with van der Waals surface area (Å²) in [5.74, 6) is 1.89. The molecule has 3 nitrogen and oxygen atoms in total. The lowest BCUT2D eigenvalue weighted by atomic mass is 9.88. The number of benzene rings is 8. The molecule has 0 radical (unpaired) electrons. The molecule has 0 spiro atoms. The molecule has 0 fully saturated rings. The van der Waals surface area contributed by atoms with Crippen LogP contribution >= 0.6 is 0 Å². The van der Waals surface area contributed by atoms with Crippen LogP contribution in [-0.2, 0) is 0 Å². The zero-order valence-electron chi connectivity index (χ0n) is 29.5. The van der Waals surface area contributed by atoms with Crippen molar-refractivity contribution in [2.75, 3.05) is 0 Å². The quantitative estimate of drug-likeness (QED) is 0.159. The molecule has 0 aliphatic carbocycles. The lowest BCUT2D eigenvalue weighted by Gasteiger charge is -2.16. The third-order valence-corrected chi connectivity index (χ3v) is 9.75. The van der Waals surface area contributed by atoms with Gasteiger partial charge in [-0.1, -0.05) is 194 Å². The number of hydrogen-bond acceptors (Lipinski definition) is 3. The Bertz CT molecular complexity index is 2620.